The fourth-order valence-electron chi connectivity index (χ4n) is 2.68. The molecule has 0 spiro atoms. The van der Waals surface area contributed by atoms with Gasteiger partial charge in [-0.2, -0.15) is 0 Å². The highest BCUT2D eigenvalue weighted by atomic mass is 32.2. The van der Waals surface area contributed by atoms with E-state index in [2.05, 4.69) is 10.3 Å². The van der Waals surface area contributed by atoms with Gasteiger partial charge >= 0.3 is 0 Å². The molecule has 1 N–H and O–H groups in total. The molecule has 1 amide bonds. The summed E-state index contributed by atoms with van der Waals surface area (Å²) in [7, 11) is 0. The normalized spacial score (nSPS) is 10.9. The summed E-state index contributed by atoms with van der Waals surface area (Å²) in [6.07, 6.45) is 0. The number of para-hydroxylation sites is 1. The number of carbonyl (C=O) groups is 1. The average molecular weight is 367 g/mol. The first-order chi connectivity index (χ1) is 12.5. The largest absolute Gasteiger partial charge is 0.356 e. The van der Waals surface area contributed by atoms with Crippen molar-refractivity contribution in [3.05, 3.63) is 63.9 Å². The predicted molar refractivity (Wildman–Crippen MR) is 106 cm³/mol. The number of benzene rings is 2. The van der Waals surface area contributed by atoms with E-state index in [1.807, 2.05) is 57.2 Å². The number of rotatable bonds is 5. The number of nitrogens with zero attached hydrogens (tertiary/aromatic N) is 2. The molecule has 1 heterocycles. The third-order valence-electron chi connectivity index (χ3n) is 4.20. The van der Waals surface area contributed by atoms with Crippen molar-refractivity contribution in [1.29, 1.82) is 0 Å². The van der Waals surface area contributed by atoms with E-state index in [9.17, 15) is 9.59 Å². The Morgan fingerprint density at radius 1 is 1.15 bits per heavy atom. The van der Waals surface area contributed by atoms with Crippen molar-refractivity contribution in [2.75, 3.05) is 12.3 Å². The smallest absolute Gasteiger partial charge is 0.266 e. The minimum absolute atomic E-state index is 0.0773. The van der Waals surface area contributed by atoms with Crippen LogP contribution in [0.4, 0.5) is 0 Å². The topological polar surface area (TPSA) is 64.0 Å². The van der Waals surface area contributed by atoms with Gasteiger partial charge in [-0.1, -0.05) is 30.0 Å². The van der Waals surface area contributed by atoms with Crippen LogP contribution in [0.3, 0.4) is 0 Å². The number of amides is 1. The molecule has 2 aromatic carbocycles. The van der Waals surface area contributed by atoms with Gasteiger partial charge in [0.25, 0.3) is 5.56 Å². The summed E-state index contributed by atoms with van der Waals surface area (Å²) in [5.41, 5.74) is 3.53. The first-order valence-corrected chi connectivity index (χ1v) is 9.48. The van der Waals surface area contributed by atoms with E-state index in [1.165, 1.54) is 11.8 Å². The molecule has 0 unspecified atom stereocenters. The molecule has 3 rings (SSSR count). The average Bonchev–Trinajstić information content (AvgIpc) is 2.63. The molecule has 0 aliphatic carbocycles. The maximum absolute atomic E-state index is 13.1. The molecule has 6 heteroatoms. The molecular formula is C20H21N3O2S. The van der Waals surface area contributed by atoms with Crippen LogP contribution in [0, 0.1) is 13.8 Å². The first-order valence-electron chi connectivity index (χ1n) is 8.50. The lowest BCUT2D eigenvalue weighted by atomic mass is 10.1. The summed E-state index contributed by atoms with van der Waals surface area (Å²) in [6, 6.07) is 13.2. The van der Waals surface area contributed by atoms with Crippen LogP contribution in [-0.2, 0) is 4.79 Å². The van der Waals surface area contributed by atoms with Gasteiger partial charge in [-0.25, -0.2) is 4.98 Å². The standard InChI is InChI=1S/C20H21N3O2S/c1-4-21-18(24)12-26-20-22-17-8-6-5-7-16(17)19(25)23(20)15-10-9-13(2)14(3)11-15/h5-11H,4,12H2,1-3H3,(H,21,24). The lowest BCUT2D eigenvalue weighted by molar-refractivity contribution is -0.118. The van der Waals surface area contributed by atoms with Crippen LogP contribution < -0.4 is 10.9 Å². The second kappa shape index (κ2) is 7.74. The van der Waals surface area contributed by atoms with Crippen molar-refractivity contribution in [3.8, 4) is 5.69 Å². The maximum atomic E-state index is 13.1. The van der Waals surface area contributed by atoms with E-state index in [4.69, 9.17) is 0 Å². The van der Waals surface area contributed by atoms with Crippen molar-refractivity contribution in [2.24, 2.45) is 0 Å². The highest BCUT2D eigenvalue weighted by Gasteiger charge is 2.15. The van der Waals surface area contributed by atoms with Gasteiger partial charge in [0.05, 0.1) is 22.3 Å². The molecular weight excluding hydrogens is 346 g/mol. The van der Waals surface area contributed by atoms with Gasteiger partial charge < -0.3 is 5.32 Å². The van der Waals surface area contributed by atoms with Crippen LogP contribution in [0.2, 0.25) is 0 Å². The lowest BCUT2D eigenvalue weighted by Crippen LogP contribution is -2.26. The van der Waals surface area contributed by atoms with E-state index in [-0.39, 0.29) is 17.2 Å². The summed E-state index contributed by atoms with van der Waals surface area (Å²) in [6.45, 7) is 6.50. The first kappa shape index (κ1) is 18.2. The zero-order chi connectivity index (χ0) is 18.7. The molecule has 1 aromatic heterocycles. The lowest BCUT2D eigenvalue weighted by Gasteiger charge is -2.14. The fraction of sp³-hybridized carbons (Fsp3) is 0.250. The maximum Gasteiger partial charge on any atom is 0.266 e. The number of hydrogen-bond donors (Lipinski definition) is 1. The van der Waals surface area contributed by atoms with E-state index >= 15 is 0 Å². The van der Waals surface area contributed by atoms with Gasteiger partial charge in [-0.15, -0.1) is 0 Å². The molecule has 3 aromatic rings. The summed E-state index contributed by atoms with van der Waals surface area (Å²) < 4.78 is 1.60. The zero-order valence-corrected chi connectivity index (χ0v) is 15.9. The van der Waals surface area contributed by atoms with Crippen LogP contribution in [-0.4, -0.2) is 27.8 Å². The van der Waals surface area contributed by atoms with Gasteiger partial charge in [0.2, 0.25) is 5.91 Å². The molecule has 0 saturated carbocycles. The number of nitrogens with one attached hydrogen (secondary N) is 1. The van der Waals surface area contributed by atoms with Crippen LogP contribution in [0.5, 0.6) is 0 Å². The molecule has 5 nitrogen and oxygen atoms in total. The summed E-state index contributed by atoms with van der Waals surface area (Å²) in [5, 5.41) is 3.85. The molecule has 26 heavy (non-hydrogen) atoms. The Morgan fingerprint density at radius 3 is 2.65 bits per heavy atom. The van der Waals surface area contributed by atoms with Gasteiger partial charge in [0, 0.05) is 6.54 Å². The minimum Gasteiger partial charge on any atom is -0.356 e. The van der Waals surface area contributed by atoms with Crippen LogP contribution in [0.1, 0.15) is 18.1 Å². The van der Waals surface area contributed by atoms with Gasteiger partial charge in [0.15, 0.2) is 5.16 Å². The number of thioether (sulfide) groups is 1. The van der Waals surface area contributed by atoms with Gasteiger partial charge in [0.1, 0.15) is 0 Å². The second-order valence-corrected chi connectivity index (χ2v) is 7.01. The fourth-order valence-corrected chi connectivity index (χ4v) is 3.52. The summed E-state index contributed by atoms with van der Waals surface area (Å²) in [4.78, 5) is 29.6. The zero-order valence-electron chi connectivity index (χ0n) is 15.1. The van der Waals surface area contributed by atoms with Crippen molar-refractivity contribution < 1.29 is 4.79 Å². The third kappa shape index (κ3) is 3.65. The van der Waals surface area contributed by atoms with E-state index in [0.717, 1.165) is 16.8 Å². The third-order valence-corrected chi connectivity index (χ3v) is 5.14. The number of fused-ring (bicyclic) bond motifs is 1. The Hall–Kier alpha value is -2.60. The number of hydrogen-bond acceptors (Lipinski definition) is 4. The SMILES string of the molecule is CCNC(=O)CSc1nc2ccccc2c(=O)n1-c1ccc(C)c(C)c1. The van der Waals surface area contributed by atoms with Crippen molar-refractivity contribution >= 4 is 28.6 Å². The Kier molecular flexibility index (Phi) is 5.42. The van der Waals surface area contributed by atoms with Gasteiger partial charge in [-0.3, -0.25) is 14.2 Å². The quantitative estimate of drug-likeness (QED) is 0.555. The van der Waals surface area contributed by atoms with Crippen molar-refractivity contribution in [3.63, 3.8) is 0 Å². The molecule has 0 aliphatic heterocycles. The van der Waals surface area contributed by atoms with E-state index < -0.39 is 0 Å². The Bertz CT molecular complexity index is 1030. The molecule has 134 valence electrons. The molecule has 0 fully saturated rings. The van der Waals surface area contributed by atoms with Crippen molar-refractivity contribution in [2.45, 2.75) is 25.9 Å². The number of aromatic nitrogens is 2. The molecule has 0 atom stereocenters. The van der Waals surface area contributed by atoms with Crippen LogP contribution >= 0.6 is 11.8 Å². The minimum atomic E-state index is -0.128. The molecule has 0 bridgehead atoms. The van der Waals surface area contributed by atoms with Gasteiger partial charge in [-0.05, 0) is 56.2 Å². The van der Waals surface area contributed by atoms with E-state index in [0.29, 0.717) is 22.6 Å². The molecule has 0 aliphatic rings. The number of carbonyl (C=O) groups excluding carboxylic acids is 1. The van der Waals surface area contributed by atoms with Crippen LogP contribution in [0.25, 0.3) is 16.6 Å². The monoisotopic (exact) mass is 367 g/mol. The molecule has 0 radical (unpaired) electrons. The Balaban J connectivity index is 2.15. The van der Waals surface area contributed by atoms with Crippen LogP contribution in [0.15, 0.2) is 52.4 Å². The predicted octanol–water partition coefficient (Wildman–Crippen LogP) is 3.23. The van der Waals surface area contributed by atoms with Crippen molar-refractivity contribution in [1.82, 2.24) is 14.9 Å². The number of aryl methyl sites for hydroxylation is 2. The summed E-state index contributed by atoms with van der Waals surface area (Å²) >= 11 is 1.27. The second-order valence-electron chi connectivity index (χ2n) is 6.06. The Morgan fingerprint density at radius 2 is 1.92 bits per heavy atom. The Labute approximate surface area is 156 Å². The highest BCUT2D eigenvalue weighted by Crippen LogP contribution is 2.22. The summed E-state index contributed by atoms with van der Waals surface area (Å²) in [5.74, 6) is 0.134. The highest BCUT2D eigenvalue weighted by molar-refractivity contribution is 7.99. The molecule has 0 saturated heterocycles. The van der Waals surface area contributed by atoms with E-state index in [1.54, 1.807) is 10.6 Å².